The lowest BCUT2D eigenvalue weighted by atomic mass is 10.1. The fourth-order valence-electron chi connectivity index (χ4n) is 1.36. The zero-order chi connectivity index (χ0) is 11.3. The van der Waals surface area contributed by atoms with Gasteiger partial charge in [0.2, 0.25) is 0 Å². The quantitative estimate of drug-likeness (QED) is 0.604. The van der Waals surface area contributed by atoms with E-state index in [-0.39, 0.29) is 0 Å². The summed E-state index contributed by atoms with van der Waals surface area (Å²) in [7, 11) is 0. The normalized spacial score (nSPS) is 12.7. The van der Waals surface area contributed by atoms with Gasteiger partial charge in [0.05, 0.1) is 0 Å². The molecule has 0 saturated carbocycles. The highest BCUT2D eigenvalue weighted by molar-refractivity contribution is 5.82. The molecule has 2 nitrogen and oxygen atoms in total. The van der Waals surface area contributed by atoms with Gasteiger partial charge in [-0.15, -0.1) is 0 Å². The summed E-state index contributed by atoms with van der Waals surface area (Å²) in [4.78, 5) is 10.4. The molecule has 0 saturated heterocycles. The third-order valence-corrected chi connectivity index (χ3v) is 2.02. The first-order valence-electron chi connectivity index (χ1n) is 4.74. The van der Waals surface area contributed by atoms with Crippen LogP contribution in [0.4, 0.5) is 0 Å². The van der Waals surface area contributed by atoms with Crippen LogP contribution in [0, 0.1) is 0 Å². The van der Waals surface area contributed by atoms with Gasteiger partial charge in [0, 0.05) is 6.08 Å². The molecule has 0 unspecified atom stereocenters. The third kappa shape index (κ3) is 3.81. The highest BCUT2D eigenvalue weighted by Gasteiger charge is 1.95. The lowest BCUT2D eigenvalue weighted by molar-refractivity contribution is -0.131. The fourth-order valence-corrected chi connectivity index (χ4v) is 1.36. The second-order valence-corrected chi connectivity index (χ2v) is 3.42. The fraction of sp³-hybridized carbons (Fsp3) is 0.154. The number of aliphatic carboxylic acids is 1. The SMILES string of the molecule is CC(=C\C(=O)O)/C=C(\C)c1ccccc1. The van der Waals surface area contributed by atoms with Crippen LogP contribution in [0.15, 0.2) is 48.1 Å². The molecule has 0 atom stereocenters. The highest BCUT2D eigenvalue weighted by atomic mass is 16.4. The Balaban J connectivity index is 2.90. The number of carboxylic acids is 1. The van der Waals surface area contributed by atoms with Crippen molar-refractivity contribution in [2.45, 2.75) is 13.8 Å². The number of allylic oxidation sites excluding steroid dienone is 3. The lowest BCUT2D eigenvalue weighted by Gasteiger charge is -2.00. The van der Waals surface area contributed by atoms with Crippen LogP contribution < -0.4 is 0 Å². The molecule has 0 aromatic heterocycles. The molecular formula is C13H14O2. The zero-order valence-corrected chi connectivity index (χ0v) is 8.90. The maximum atomic E-state index is 10.4. The lowest BCUT2D eigenvalue weighted by Crippen LogP contribution is -1.88. The monoisotopic (exact) mass is 202 g/mol. The molecular weight excluding hydrogens is 188 g/mol. The summed E-state index contributed by atoms with van der Waals surface area (Å²) >= 11 is 0. The molecule has 1 rings (SSSR count). The maximum Gasteiger partial charge on any atom is 0.328 e. The molecule has 0 fully saturated rings. The second-order valence-electron chi connectivity index (χ2n) is 3.42. The molecule has 1 N–H and O–H groups in total. The van der Waals surface area contributed by atoms with Crippen molar-refractivity contribution >= 4 is 11.5 Å². The van der Waals surface area contributed by atoms with Crippen LogP contribution in [0.2, 0.25) is 0 Å². The Morgan fingerprint density at radius 2 is 1.73 bits per heavy atom. The van der Waals surface area contributed by atoms with Gasteiger partial charge in [-0.05, 0) is 30.6 Å². The highest BCUT2D eigenvalue weighted by Crippen LogP contribution is 2.14. The summed E-state index contributed by atoms with van der Waals surface area (Å²) in [6, 6.07) is 9.88. The number of rotatable bonds is 3. The molecule has 0 amide bonds. The molecule has 0 radical (unpaired) electrons. The Morgan fingerprint density at radius 1 is 1.13 bits per heavy atom. The van der Waals surface area contributed by atoms with Gasteiger partial charge in [-0.2, -0.15) is 0 Å². The predicted molar refractivity (Wildman–Crippen MR) is 61.5 cm³/mol. The Morgan fingerprint density at radius 3 is 2.27 bits per heavy atom. The maximum absolute atomic E-state index is 10.4. The van der Waals surface area contributed by atoms with Crippen LogP contribution in [0.3, 0.4) is 0 Å². The number of carboxylic acid groups (broad SMARTS) is 1. The van der Waals surface area contributed by atoms with E-state index in [4.69, 9.17) is 5.11 Å². The first-order valence-corrected chi connectivity index (χ1v) is 4.74. The molecule has 1 aromatic rings. The van der Waals surface area contributed by atoms with Gasteiger partial charge in [-0.1, -0.05) is 36.4 Å². The van der Waals surface area contributed by atoms with E-state index < -0.39 is 5.97 Å². The average molecular weight is 202 g/mol. The number of benzene rings is 1. The van der Waals surface area contributed by atoms with E-state index >= 15 is 0 Å². The Hall–Kier alpha value is -1.83. The summed E-state index contributed by atoms with van der Waals surface area (Å²) < 4.78 is 0. The Bertz CT molecular complexity index is 400. The summed E-state index contributed by atoms with van der Waals surface area (Å²) in [6.45, 7) is 3.75. The van der Waals surface area contributed by atoms with Crippen molar-refractivity contribution in [1.29, 1.82) is 0 Å². The van der Waals surface area contributed by atoms with Gasteiger partial charge < -0.3 is 5.11 Å². The third-order valence-electron chi connectivity index (χ3n) is 2.02. The van der Waals surface area contributed by atoms with Crippen molar-refractivity contribution in [3.05, 3.63) is 53.6 Å². The second kappa shape index (κ2) is 5.15. The molecule has 0 bridgehead atoms. The van der Waals surface area contributed by atoms with Gasteiger partial charge in [0.15, 0.2) is 0 Å². The molecule has 15 heavy (non-hydrogen) atoms. The van der Waals surface area contributed by atoms with Crippen LogP contribution in [-0.2, 0) is 4.79 Å². The van der Waals surface area contributed by atoms with Crippen LogP contribution in [-0.4, -0.2) is 11.1 Å². The molecule has 0 aliphatic heterocycles. The number of hydrogen-bond acceptors (Lipinski definition) is 1. The summed E-state index contributed by atoms with van der Waals surface area (Å²) in [5.41, 5.74) is 2.91. The van der Waals surface area contributed by atoms with Crippen molar-refractivity contribution < 1.29 is 9.90 Å². The van der Waals surface area contributed by atoms with E-state index in [1.165, 1.54) is 6.08 Å². The predicted octanol–water partition coefficient (Wildman–Crippen LogP) is 3.12. The van der Waals surface area contributed by atoms with Crippen molar-refractivity contribution in [2.24, 2.45) is 0 Å². The minimum Gasteiger partial charge on any atom is -0.478 e. The summed E-state index contributed by atoms with van der Waals surface area (Å²) in [5, 5.41) is 8.56. The van der Waals surface area contributed by atoms with Crippen molar-refractivity contribution in [3.8, 4) is 0 Å². The van der Waals surface area contributed by atoms with Gasteiger partial charge >= 0.3 is 5.97 Å². The van der Waals surface area contributed by atoms with Crippen LogP contribution in [0.1, 0.15) is 19.4 Å². The van der Waals surface area contributed by atoms with Crippen molar-refractivity contribution in [2.75, 3.05) is 0 Å². The molecule has 2 heteroatoms. The molecule has 1 aromatic carbocycles. The van der Waals surface area contributed by atoms with Crippen LogP contribution in [0.25, 0.3) is 5.57 Å². The van der Waals surface area contributed by atoms with E-state index in [0.29, 0.717) is 0 Å². The van der Waals surface area contributed by atoms with Gasteiger partial charge in [0.25, 0.3) is 0 Å². The Kier molecular flexibility index (Phi) is 3.86. The smallest absolute Gasteiger partial charge is 0.328 e. The van der Waals surface area contributed by atoms with Gasteiger partial charge in [-0.25, -0.2) is 4.79 Å². The van der Waals surface area contributed by atoms with Crippen molar-refractivity contribution in [3.63, 3.8) is 0 Å². The minimum atomic E-state index is -0.912. The molecule has 78 valence electrons. The number of hydrogen-bond donors (Lipinski definition) is 1. The van der Waals surface area contributed by atoms with Crippen molar-refractivity contribution in [1.82, 2.24) is 0 Å². The van der Waals surface area contributed by atoms with E-state index in [0.717, 1.165) is 16.7 Å². The largest absolute Gasteiger partial charge is 0.478 e. The van der Waals surface area contributed by atoms with Crippen LogP contribution in [0.5, 0.6) is 0 Å². The van der Waals surface area contributed by atoms with E-state index in [2.05, 4.69) is 0 Å². The molecule has 0 aliphatic rings. The van der Waals surface area contributed by atoms with E-state index in [9.17, 15) is 4.79 Å². The first-order chi connectivity index (χ1) is 7.09. The number of carbonyl (C=O) groups is 1. The van der Waals surface area contributed by atoms with Crippen LogP contribution >= 0.6 is 0 Å². The molecule has 0 heterocycles. The average Bonchev–Trinajstić information content (AvgIpc) is 2.17. The standard InChI is InChI=1S/C13H14O2/c1-10(9-13(14)15)8-11(2)12-6-4-3-5-7-12/h3-9H,1-2H3,(H,14,15)/b10-9+,11-8+. The van der Waals surface area contributed by atoms with Gasteiger partial charge in [0.1, 0.15) is 0 Å². The summed E-state index contributed by atoms with van der Waals surface area (Å²) in [5.74, 6) is -0.912. The summed E-state index contributed by atoms with van der Waals surface area (Å²) in [6.07, 6.45) is 3.07. The first kappa shape index (κ1) is 11.2. The zero-order valence-electron chi connectivity index (χ0n) is 8.90. The van der Waals surface area contributed by atoms with E-state index in [1.807, 2.05) is 43.3 Å². The topological polar surface area (TPSA) is 37.3 Å². The van der Waals surface area contributed by atoms with Gasteiger partial charge in [-0.3, -0.25) is 0 Å². The van der Waals surface area contributed by atoms with E-state index in [1.54, 1.807) is 6.92 Å². The molecule has 0 aliphatic carbocycles. The molecule has 0 spiro atoms. The minimum absolute atomic E-state index is 0.740. The Labute approximate surface area is 89.6 Å².